The molecule has 0 saturated carbocycles. The summed E-state index contributed by atoms with van der Waals surface area (Å²) in [6.07, 6.45) is 0. The number of anilines is 1. The molecule has 2 N–H and O–H groups in total. The van der Waals surface area contributed by atoms with Crippen molar-refractivity contribution in [3.63, 3.8) is 0 Å². The first-order chi connectivity index (χ1) is 9.84. The Morgan fingerprint density at radius 3 is 2.19 bits per heavy atom. The van der Waals surface area contributed by atoms with Gasteiger partial charge in [0.1, 0.15) is 4.99 Å². The lowest BCUT2D eigenvalue weighted by molar-refractivity contribution is 0.594. The molecule has 4 nitrogen and oxygen atoms in total. The Balaban J connectivity index is 2.41. The minimum atomic E-state index is -3.59. The third kappa shape index (κ3) is 3.06. The number of nitrogens with two attached hydrogens (primary N) is 1. The lowest BCUT2D eigenvalue weighted by Gasteiger charge is -2.20. The van der Waals surface area contributed by atoms with Crippen LogP contribution in [0.5, 0.6) is 0 Å². The average Bonchev–Trinajstić information content (AvgIpc) is 2.46. The van der Waals surface area contributed by atoms with Crippen molar-refractivity contribution in [2.75, 3.05) is 11.4 Å². The van der Waals surface area contributed by atoms with Crippen LogP contribution < -0.4 is 10.0 Å². The summed E-state index contributed by atoms with van der Waals surface area (Å²) in [7, 11) is -2.06. The summed E-state index contributed by atoms with van der Waals surface area (Å²) in [6, 6.07) is 13.7. The molecule has 2 aromatic carbocycles. The van der Waals surface area contributed by atoms with Crippen LogP contribution in [0.25, 0.3) is 0 Å². The fraction of sp³-hybridized carbons (Fsp3) is 0.133. The first kappa shape index (κ1) is 15.5. The van der Waals surface area contributed by atoms with Gasteiger partial charge in [-0.3, -0.25) is 4.31 Å². The first-order valence-corrected chi connectivity index (χ1v) is 8.13. The first-order valence-electron chi connectivity index (χ1n) is 6.28. The fourth-order valence-electron chi connectivity index (χ4n) is 1.97. The number of sulfonamides is 1. The molecule has 2 aromatic rings. The molecule has 0 atom stereocenters. The maximum absolute atomic E-state index is 12.6. The van der Waals surface area contributed by atoms with E-state index < -0.39 is 10.0 Å². The zero-order valence-electron chi connectivity index (χ0n) is 11.8. The predicted molar refractivity (Wildman–Crippen MR) is 89.1 cm³/mol. The van der Waals surface area contributed by atoms with E-state index in [1.54, 1.807) is 49.4 Å². The number of rotatable bonds is 4. The van der Waals surface area contributed by atoms with Crippen LogP contribution in [-0.4, -0.2) is 20.5 Å². The standard InChI is InChI=1S/C15H16N2O2S2/c1-11-5-3-4-6-14(11)21(18,19)17(2)13-9-7-12(8-10-13)15(16)20/h3-10H,1-2H3,(H2,16,20). The monoisotopic (exact) mass is 320 g/mol. The molecule has 0 radical (unpaired) electrons. The van der Waals surface area contributed by atoms with Gasteiger partial charge in [-0.25, -0.2) is 8.42 Å². The second kappa shape index (κ2) is 5.83. The Morgan fingerprint density at radius 2 is 1.67 bits per heavy atom. The lowest BCUT2D eigenvalue weighted by atomic mass is 10.2. The highest BCUT2D eigenvalue weighted by Crippen LogP contribution is 2.24. The minimum Gasteiger partial charge on any atom is -0.389 e. The van der Waals surface area contributed by atoms with Crippen molar-refractivity contribution in [2.45, 2.75) is 11.8 Å². The number of thiocarbonyl (C=S) groups is 1. The molecule has 2 rings (SSSR count). The van der Waals surface area contributed by atoms with Crippen LogP contribution in [-0.2, 0) is 10.0 Å². The number of nitrogens with zero attached hydrogens (tertiary/aromatic N) is 1. The van der Waals surface area contributed by atoms with Crippen LogP contribution in [0.1, 0.15) is 11.1 Å². The summed E-state index contributed by atoms with van der Waals surface area (Å²) in [5, 5.41) is 0. The molecule has 0 saturated heterocycles. The summed E-state index contributed by atoms with van der Waals surface area (Å²) in [5.41, 5.74) is 7.51. The van der Waals surface area contributed by atoms with Crippen molar-refractivity contribution in [2.24, 2.45) is 5.73 Å². The smallest absolute Gasteiger partial charge is 0.264 e. The van der Waals surface area contributed by atoms with Gasteiger partial charge in [0.15, 0.2) is 0 Å². The van der Waals surface area contributed by atoms with Gasteiger partial charge < -0.3 is 5.73 Å². The van der Waals surface area contributed by atoms with Gasteiger partial charge in [-0.1, -0.05) is 30.4 Å². The maximum atomic E-state index is 12.6. The SMILES string of the molecule is Cc1ccccc1S(=O)(=O)N(C)c1ccc(C(N)=S)cc1. The third-order valence-electron chi connectivity index (χ3n) is 3.25. The Kier molecular flexibility index (Phi) is 4.29. The molecule has 0 aliphatic rings. The molecule has 0 bridgehead atoms. The van der Waals surface area contributed by atoms with Crippen molar-refractivity contribution >= 4 is 32.9 Å². The van der Waals surface area contributed by atoms with Crippen molar-refractivity contribution in [3.05, 3.63) is 59.7 Å². The number of hydrogen-bond donors (Lipinski definition) is 1. The van der Waals surface area contributed by atoms with Crippen molar-refractivity contribution in [1.82, 2.24) is 0 Å². The van der Waals surface area contributed by atoms with Gasteiger partial charge in [0.05, 0.1) is 10.6 Å². The minimum absolute atomic E-state index is 0.283. The topological polar surface area (TPSA) is 63.4 Å². The van der Waals surface area contributed by atoms with Crippen LogP contribution in [0, 0.1) is 6.92 Å². The quantitative estimate of drug-likeness (QED) is 0.879. The van der Waals surface area contributed by atoms with E-state index in [0.717, 1.165) is 0 Å². The van der Waals surface area contributed by atoms with Gasteiger partial charge in [-0.05, 0) is 42.8 Å². The summed E-state index contributed by atoms with van der Waals surface area (Å²) in [4.78, 5) is 0.580. The molecule has 0 aliphatic carbocycles. The average molecular weight is 320 g/mol. The Labute approximate surface area is 130 Å². The zero-order valence-corrected chi connectivity index (χ0v) is 13.4. The zero-order chi connectivity index (χ0) is 15.6. The number of aryl methyl sites for hydroxylation is 1. The van der Waals surface area contributed by atoms with Gasteiger partial charge in [0.25, 0.3) is 10.0 Å². The van der Waals surface area contributed by atoms with E-state index in [9.17, 15) is 8.42 Å². The second-order valence-electron chi connectivity index (χ2n) is 4.65. The largest absolute Gasteiger partial charge is 0.389 e. The normalized spacial score (nSPS) is 11.1. The van der Waals surface area contributed by atoms with Crippen LogP contribution in [0.3, 0.4) is 0 Å². The highest BCUT2D eigenvalue weighted by molar-refractivity contribution is 7.92. The number of benzene rings is 2. The van der Waals surface area contributed by atoms with E-state index in [0.29, 0.717) is 21.7 Å². The Hall–Kier alpha value is -1.92. The molecule has 0 amide bonds. The van der Waals surface area contributed by atoms with Crippen LogP contribution in [0.2, 0.25) is 0 Å². The van der Waals surface area contributed by atoms with Crippen molar-refractivity contribution < 1.29 is 8.42 Å². The Bertz CT molecular complexity index is 769. The molecule has 0 aromatic heterocycles. The van der Waals surface area contributed by atoms with E-state index in [2.05, 4.69) is 0 Å². The van der Waals surface area contributed by atoms with Gasteiger partial charge in [0.2, 0.25) is 0 Å². The van der Waals surface area contributed by atoms with Crippen molar-refractivity contribution in [3.8, 4) is 0 Å². The molecule has 0 fully saturated rings. The fourth-order valence-corrected chi connectivity index (χ4v) is 3.52. The molecule has 6 heteroatoms. The molecule has 110 valence electrons. The van der Waals surface area contributed by atoms with E-state index in [1.165, 1.54) is 11.4 Å². The molecular formula is C15H16N2O2S2. The summed E-state index contributed by atoms with van der Waals surface area (Å²) < 4.78 is 26.5. The summed E-state index contributed by atoms with van der Waals surface area (Å²) in [5.74, 6) is 0. The maximum Gasteiger partial charge on any atom is 0.264 e. The molecule has 0 unspecified atom stereocenters. The highest BCUT2D eigenvalue weighted by atomic mass is 32.2. The Morgan fingerprint density at radius 1 is 1.10 bits per heavy atom. The molecule has 21 heavy (non-hydrogen) atoms. The van der Waals surface area contributed by atoms with E-state index in [4.69, 9.17) is 18.0 Å². The van der Waals surface area contributed by atoms with Crippen molar-refractivity contribution in [1.29, 1.82) is 0 Å². The van der Waals surface area contributed by atoms with Crippen LogP contribution >= 0.6 is 12.2 Å². The summed E-state index contributed by atoms with van der Waals surface area (Å²) >= 11 is 4.88. The van der Waals surface area contributed by atoms with Gasteiger partial charge in [0, 0.05) is 12.6 Å². The van der Waals surface area contributed by atoms with E-state index in [-0.39, 0.29) is 4.99 Å². The third-order valence-corrected chi connectivity index (χ3v) is 5.43. The summed E-state index contributed by atoms with van der Waals surface area (Å²) in [6.45, 7) is 1.77. The lowest BCUT2D eigenvalue weighted by Crippen LogP contribution is -2.27. The van der Waals surface area contributed by atoms with E-state index >= 15 is 0 Å². The van der Waals surface area contributed by atoms with Crippen LogP contribution in [0.4, 0.5) is 5.69 Å². The van der Waals surface area contributed by atoms with Crippen LogP contribution in [0.15, 0.2) is 53.4 Å². The van der Waals surface area contributed by atoms with Gasteiger partial charge in [-0.15, -0.1) is 0 Å². The second-order valence-corrected chi connectivity index (χ2v) is 7.03. The molecular weight excluding hydrogens is 304 g/mol. The predicted octanol–water partition coefficient (Wildman–Crippen LogP) is 2.45. The molecule has 0 spiro atoms. The highest BCUT2D eigenvalue weighted by Gasteiger charge is 2.22. The van der Waals surface area contributed by atoms with Gasteiger partial charge in [-0.2, -0.15) is 0 Å². The van der Waals surface area contributed by atoms with E-state index in [1.807, 2.05) is 6.07 Å². The number of hydrogen-bond acceptors (Lipinski definition) is 3. The molecule has 0 aliphatic heterocycles. The van der Waals surface area contributed by atoms with Gasteiger partial charge >= 0.3 is 0 Å². The molecule has 0 heterocycles.